The van der Waals surface area contributed by atoms with Crippen LogP contribution >= 0.6 is 11.6 Å². The van der Waals surface area contributed by atoms with Gasteiger partial charge in [-0.25, -0.2) is 0 Å². The van der Waals surface area contributed by atoms with Gasteiger partial charge in [-0.1, -0.05) is 35.9 Å². The van der Waals surface area contributed by atoms with Crippen LogP contribution in [-0.4, -0.2) is 21.8 Å². The summed E-state index contributed by atoms with van der Waals surface area (Å²) in [6, 6.07) is 23.0. The Balaban J connectivity index is 1.34. The van der Waals surface area contributed by atoms with Gasteiger partial charge in [-0.2, -0.15) is 4.98 Å². The molecule has 0 unspecified atom stereocenters. The Kier molecular flexibility index (Phi) is 6.38. The molecule has 9 nitrogen and oxygen atoms in total. The Morgan fingerprint density at radius 2 is 1.69 bits per heavy atom. The second-order valence-electron chi connectivity index (χ2n) is 8.05. The summed E-state index contributed by atoms with van der Waals surface area (Å²) < 4.78 is 5.76. The first-order valence-electron chi connectivity index (χ1n) is 11.0. The molecule has 10 heteroatoms. The number of benzene rings is 3. The molecule has 0 aliphatic carbocycles. The van der Waals surface area contributed by atoms with E-state index in [2.05, 4.69) is 25.9 Å². The molecule has 3 aromatic carbocycles. The van der Waals surface area contributed by atoms with E-state index in [1.165, 1.54) is 0 Å². The highest BCUT2D eigenvalue weighted by atomic mass is 35.5. The molecule has 1 aromatic heterocycles. The van der Waals surface area contributed by atoms with Crippen LogP contribution in [0.2, 0.25) is 5.02 Å². The van der Waals surface area contributed by atoms with E-state index in [0.29, 0.717) is 27.9 Å². The Hall–Kier alpha value is -4.63. The van der Waals surface area contributed by atoms with Gasteiger partial charge in [0.15, 0.2) is 0 Å². The van der Waals surface area contributed by atoms with Crippen molar-refractivity contribution in [2.45, 2.75) is 12.3 Å². The number of aromatic amines is 1. The summed E-state index contributed by atoms with van der Waals surface area (Å²) in [5.74, 6) is -0.489. The largest absolute Gasteiger partial charge is 0.457 e. The third-order valence-electron chi connectivity index (χ3n) is 5.46. The van der Waals surface area contributed by atoms with Crippen LogP contribution in [0.5, 0.6) is 11.5 Å². The zero-order valence-corrected chi connectivity index (χ0v) is 19.5. The second kappa shape index (κ2) is 9.93. The lowest BCUT2D eigenvalue weighted by atomic mass is 9.92. The van der Waals surface area contributed by atoms with Crippen molar-refractivity contribution < 1.29 is 14.3 Å². The smallest absolute Gasteiger partial charge is 0.258 e. The quantitative estimate of drug-likeness (QED) is 0.294. The maximum atomic E-state index is 13.1. The Labute approximate surface area is 210 Å². The molecule has 36 heavy (non-hydrogen) atoms. The first kappa shape index (κ1) is 23.1. The maximum absolute atomic E-state index is 13.1. The van der Waals surface area contributed by atoms with Gasteiger partial charge in [0.2, 0.25) is 17.8 Å². The van der Waals surface area contributed by atoms with Crippen LogP contribution in [0.25, 0.3) is 0 Å². The van der Waals surface area contributed by atoms with Gasteiger partial charge in [0.1, 0.15) is 17.3 Å². The van der Waals surface area contributed by atoms with Gasteiger partial charge in [-0.3, -0.25) is 19.4 Å². The van der Waals surface area contributed by atoms with Gasteiger partial charge in [0, 0.05) is 22.8 Å². The van der Waals surface area contributed by atoms with Crippen molar-refractivity contribution in [1.29, 1.82) is 0 Å². The van der Waals surface area contributed by atoms with Gasteiger partial charge in [0.05, 0.1) is 11.5 Å². The second-order valence-corrected chi connectivity index (χ2v) is 8.48. The van der Waals surface area contributed by atoms with Crippen molar-refractivity contribution >= 4 is 46.6 Å². The minimum Gasteiger partial charge on any atom is -0.457 e. The van der Waals surface area contributed by atoms with Crippen molar-refractivity contribution in [3.63, 3.8) is 0 Å². The van der Waals surface area contributed by atoms with Gasteiger partial charge in [-0.15, -0.1) is 0 Å². The predicted octanol–water partition coefficient (Wildman–Crippen LogP) is 5.02. The van der Waals surface area contributed by atoms with Crippen molar-refractivity contribution in [2.75, 3.05) is 16.0 Å². The van der Waals surface area contributed by atoms with E-state index in [1.807, 2.05) is 30.3 Å². The summed E-state index contributed by atoms with van der Waals surface area (Å²) >= 11 is 6.00. The summed E-state index contributed by atoms with van der Waals surface area (Å²) in [5.41, 5.74) is 0.655. The fraction of sp³-hybridized carbons (Fsp3) is 0.0769. The summed E-state index contributed by atoms with van der Waals surface area (Å²) in [6.45, 7) is 0. The Morgan fingerprint density at radius 3 is 2.44 bits per heavy atom. The minimum atomic E-state index is -1.01. The summed E-state index contributed by atoms with van der Waals surface area (Å²) in [4.78, 5) is 45.3. The fourth-order valence-corrected chi connectivity index (χ4v) is 4.01. The molecular weight excluding hydrogens is 482 g/mol. The average molecular weight is 502 g/mol. The summed E-state index contributed by atoms with van der Waals surface area (Å²) in [7, 11) is 0. The first-order chi connectivity index (χ1) is 17.4. The number of amides is 2. The number of nitrogens with one attached hydrogen (secondary N) is 4. The first-order valence-corrected chi connectivity index (χ1v) is 11.4. The van der Waals surface area contributed by atoms with Crippen LogP contribution in [0.3, 0.4) is 0 Å². The van der Waals surface area contributed by atoms with E-state index >= 15 is 0 Å². The van der Waals surface area contributed by atoms with Crippen molar-refractivity contribution in [3.05, 3.63) is 99.8 Å². The highest BCUT2D eigenvalue weighted by Crippen LogP contribution is 2.31. The number of carbonyl (C=O) groups excluding carboxylic acids is 2. The summed E-state index contributed by atoms with van der Waals surface area (Å²) in [6.07, 6.45) is -0.181. The highest BCUT2D eigenvalue weighted by Gasteiger charge is 2.34. The van der Waals surface area contributed by atoms with Gasteiger partial charge in [0.25, 0.3) is 5.56 Å². The molecule has 180 valence electrons. The number of H-pyrrole nitrogens is 1. The fourth-order valence-electron chi connectivity index (χ4n) is 3.82. The van der Waals surface area contributed by atoms with Crippen LogP contribution in [0.15, 0.2) is 83.7 Å². The molecule has 2 heterocycles. The number of hydrogen-bond donors (Lipinski definition) is 4. The lowest BCUT2D eigenvalue weighted by Gasteiger charge is -2.23. The normalized spacial score (nSPS) is 14.4. The Morgan fingerprint density at radius 1 is 0.944 bits per heavy atom. The van der Waals surface area contributed by atoms with Gasteiger partial charge >= 0.3 is 0 Å². The number of nitrogens with zero attached hydrogens (tertiary/aromatic N) is 1. The monoisotopic (exact) mass is 501 g/mol. The van der Waals surface area contributed by atoms with E-state index in [1.54, 1.807) is 48.5 Å². The van der Waals surface area contributed by atoms with E-state index in [-0.39, 0.29) is 23.8 Å². The third-order valence-corrected chi connectivity index (χ3v) is 5.69. The number of anilines is 4. The molecule has 4 N–H and O–H groups in total. The number of halogens is 1. The highest BCUT2D eigenvalue weighted by molar-refractivity contribution is 6.30. The molecule has 1 aliphatic heterocycles. The van der Waals surface area contributed by atoms with Crippen LogP contribution in [0.4, 0.5) is 23.1 Å². The zero-order valence-electron chi connectivity index (χ0n) is 18.7. The molecule has 0 radical (unpaired) electrons. The molecule has 0 fully saturated rings. The lowest BCUT2D eigenvalue weighted by molar-refractivity contribution is -0.123. The van der Waals surface area contributed by atoms with Crippen molar-refractivity contribution in [1.82, 2.24) is 9.97 Å². The molecule has 4 aromatic rings. The molecule has 2 amide bonds. The van der Waals surface area contributed by atoms with Gasteiger partial charge < -0.3 is 20.7 Å². The average Bonchev–Trinajstić information content (AvgIpc) is 2.85. The number of carbonyl (C=O) groups is 2. The van der Waals surface area contributed by atoms with Crippen molar-refractivity contribution in [2.24, 2.45) is 0 Å². The van der Waals surface area contributed by atoms with Crippen LogP contribution in [-0.2, 0) is 9.59 Å². The number of fused-ring (bicyclic) bond motifs is 1. The molecule has 5 rings (SSSR count). The van der Waals surface area contributed by atoms with Crippen molar-refractivity contribution in [3.8, 4) is 11.5 Å². The van der Waals surface area contributed by atoms with E-state index in [9.17, 15) is 14.4 Å². The van der Waals surface area contributed by atoms with Crippen LogP contribution in [0, 0.1) is 0 Å². The number of ether oxygens (including phenoxy) is 1. The van der Waals surface area contributed by atoms with E-state index in [4.69, 9.17) is 16.3 Å². The zero-order chi connectivity index (χ0) is 25.1. The number of para-hydroxylation sites is 1. The summed E-state index contributed by atoms with van der Waals surface area (Å²) in [5, 5.41) is 8.80. The van der Waals surface area contributed by atoms with E-state index < -0.39 is 23.3 Å². The number of rotatable bonds is 6. The molecule has 0 saturated heterocycles. The van der Waals surface area contributed by atoms with E-state index in [0.717, 1.165) is 0 Å². The molecule has 1 aliphatic rings. The molecule has 0 bridgehead atoms. The standard InChI is InChI=1S/C26H20ClN5O4/c27-15-5-4-6-17(13-15)29-26-31-23-22(25(35)32-26)20(14-21(33)30-23)24(34)28-16-9-11-19(12-10-16)36-18-7-2-1-3-8-18/h1-13,20H,14H2,(H,28,34)(H3,29,30,31,32,33,35)/t20-/m0/s1. The molecule has 1 atom stereocenters. The molecular formula is C26H20ClN5O4. The molecule has 0 spiro atoms. The Bertz CT molecular complexity index is 1490. The number of aromatic nitrogens is 2. The maximum Gasteiger partial charge on any atom is 0.258 e. The predicted molar refractivity (Wildman–Crippen MR) is 137 cm³/mol. The number of hydrogen-bond acceptors (Lipinski definition) is 6. The SMILES string of the molecule is O=C1C[C@H](C(=O)Nc2ccc(Oc3ccccc3)cc2)c2c(nc(Nc3cccc(Cl)c3)[nH]c2=O)N1. The minimum absolute atomic E-state index is 0.0336. The lowest BCUT2D eigenvalue weighted by Crippen LogP contribution is -2.36. The van der Waals surface area contributed by atoms with Gasteiger partial charge in [-0.05, 0) is 54.6 Å². The third kappa shape index (κ3) is 5.21. The molecule has 0 saturated carbocycles. The van der Waals surface area contributed by atoms with Crippen LogP contribution in [0.1, 0.15) is 17.9 Å². The topological polar surface area (TPSA) is 125 Å². The van der Waals surface area contributed by atoms with Crippen LogP contribution < -0.4 is 26.2 Å².